The van der Waals surface area contributed by atoms with Crippen molar-refractivity contribution in [1.82, 2.24) is 0 Å². The summed E-state index contributed by atoms with van der Waals surface area (Å²) in [5.41, 5.74) is 0.582. The van der Waals surface area contributed by atoms with Crippen LogP contribution in [0, 0.1) is 0 Å². The second-order valence-electron chi connectivity index (χ2n) is 2.42. The first-order valence-electron chi connectivity index (χ1n) is 3.44. The zero-order valence-electron chi connectivity index (χ0n) is 6.11. The molecule has 0 aliphatic carbocycles. The van der Waals surface area contributed by atoms with Gasteiger partial charge in [-0.3, -0.25) is 4.79 Å². The van der Waals surface area contributed by atoms with E-state index in [0.717, 1.165) is 0 Å². The molecule has 2 rings (SSSR count). The molecule has 0 atom stereocenters. The number of carbonyl (C=O) groups excluding carboxylic acids is 1. The first-order valence-corrected chi connectivity index (χ1v) is 3.44. The standard InChI is InChI=1S/C8H6O4/c9-7-2-1-6(12-7)5-3-8(10)11-4-5/h1,3-4,10H,2H2. The Labute approximate surface area is 68.1 Å². The first-order chi connectivity index (χ1) is 5.75. The second kappa shape index (κ2) is 2.41. The van der Waals surface area contributed by atoms with E-state index in [9.17, 15) is 4.79 Å². The molecule has 0 saturated heterocycles. The number of rotatable bonds is 1. The van der Waals surface area contributed by atoms with Gasteiger partial charge in [-0.05, 0) is 6.08 Å². The molecule has 0 spiro atoms. The van der Waals surface area contributed by atoms with Gasteiger partial charge in [-0.2, -0.15) is 0 Å². The fourth-order valence-electron chi connectivity index (χ4n) is 1.01. The Hall–Kier alpha value is -1.71. The summed E-state index contributed by atoms with van der Waals surface area (Å²) in [7, 11) is 0. The van der Waals surface area contributed by atoms with Gasteiger partial charge in [0.25, 0.3) is 5.95 Å². The highest BCUT2D eigenvalue weighted by Crippen LogP contribution is 2.26. The number of hydrogen-bond donors (Lipinski definition) is 1. The highest BCUT2D eigenvalue weighted by Gasteiger charge is 2.17. The average Bonchev–Trinajstić information content (AvgIpc) is 2.58. The van der Waals surface area contributed by atoms with Crippen molar-refractivity contribution in [2.45, 2.75) is 6.42 Å². The SMILES string of the molecule is O=C1CC=C(c2coc(O)c2)O1. The number of esters is 1. The third-order valence-corrected chi connectivity index (χ3v) is 1.55. The molecule has 62 valence electrons. The highest BCUT2D eigenvalue weighted by atomic mass is 16.5. The molecule has 0 radical (unpaired) electrons. The van der Waals surface area contributed by atoms with Crippen molar-refractivity contribution < 1.29 is 19.1 Å². The molecule has 4 nitrogen and oxygen atoms in total. The number of carbonyl (C=O) groups is 1. The second-order valence-corrected chi connectivity index (χ2v) is 2.42. The molecule has 0 aromatic carbocycles. The van der Waals surface area contributed by atoms with E-state index in [0.29, 0.717) is 11.3 Å². The summed E-state index contributed by atoms with van der Waals surface area (Å²) >= 11 is 0. The van der Waals surface area contributed by atoms with Gasteiger partial charge in [0.05, 0.1) is 12.0 Å². The van der Waals surface area contributed by atoms with Crippen LogP contribution < -0.4 is 0 Å². The number of furan rings is 1. The van der Waals surface area contributed by atoms with Crippen LogP contribution in [0.4, 0.5) is 0 Å². The number of hydrogen-bond acceptors (Lipinski definition) is 4. The summed E-state index contributed by atoms with van der Waals surface area (Å²) in [5, 5.41) is 8.84. The summed E-state index contributed by atoms with van der Waals surface area (Å²) < 4.78 is 9.45. The van der Waals surface area contributed by atoms with Gasteiger partial charge in [0.15, 0.2) is 0 Å². The Morgan fingerprint density at radius 2 is 2.33 bits per heavy atom. The van der Waals surface area contributed by atoms with Gasteiger partial charge in [-0.1, -0.05) is 0 Å². The number of cyclic esters (lactones) is 1. The van der Waals surface area contributed by atoms with E-state index in [-0.39, 0.29) is 18.3 Å². The van der Waals surface area contributed by atoms with Gasteiger partial charge in [0.2, 0.25) is 0 Å². The van der Waals surface area contributed by atoms with Crippen molar-refractivity contribution in [3.8, 4) is 5.95 Å². The predicted octanol–water partition coefficient (Wildman–Crippen LogP) is 1.27. The molecule has 1 aromatic rings. The molecule has 0 bridgehead atoms. The van der Waals surface area contributed by atoms with Gasteiger partial charge in [-0.15, -0.1) is 0 Å². The molecular weight excluding hydrogens is 160 g/mol. The van der Waals surface area contributed by atoms with Crippen LogP contribution >= 0.6 is 0 Å². The Morgan fingerprint density at radius 1 is 1.50 bits per heavy atom. The number of aromatic hydroxyl groups is 1. The van der Waals surface area contributed by atoms with E-state index < -0.39 is 0 Å². The summed E-state index contributed by atoms with van der Waals surface area (Å²) in [4.78, 5) is 10.7. The Bertz CT molecular complexity index is 348. The van der Waals surface area contributed by atoms with E-state index in [1.165, 1.54) is 12.3 Å². The van der Waals surface area contributed by atoms with Gasteiger partial charge >= 0.3 is 5.97 Å². The monoisotopic (exact) mass is 166 g/mol. The van der Waals surface area contributed by atoms with Crippen LogP contribution in [-0.2, 0) is 9.53 Å². The van der Waals surface area contributed by atoms with E-state index in [4.69, 9.17) is 9.84 Å². The molecule has 2 heterocycles. The van der Waals surface area contributed by atoms with Gasteiger partial charge in [0.1, 0.15) is 12.0 Å². The van der Waals surface area contributed by atoms with Gasteiger partial charge in [-0.25, -0.2) is 0 Å². The zero-order chi connectivity index (χ0) is 8.55. The summed E-state index contributed by atoms with van der Waals surface area (Å²) in [6.07, 6.45) is 3.26. The fraction of sp³-hybridized carbons (Fsp3) is 0.125. The molecule has 0 saturated carbocycles. The van der Waals surface area contributed by atoms with Crippen molar-refractivity contribution in [1.29, 1.82) is 0 Å². The normalized spacial score (nSPS) is 16.0. The van der Waals surface area contributed by atoms with Crippen LogP contribution in [0.25, 0.3) is 5.76 Å². The lowest BCUT2D eigenvalue weighted by molar-refractivity contribution is -0.134. The van der Waals surface area contributed by atoms with E-state index in [2.05, 4.69) is 4.42 Å². The van der Waals surface area contributed by atoms with Gasteiger partial charge in [0, 0.05) is 6.07 Å². The Morgan fingerprint density at radius 3 is 2.83 bits per heavy atom. The third-order valence-electron chi connectivity index (χ3n) is 1.55. The summed E-state index contributed by atoms with van der Waals surface area (Å²) in [5.74, 6) is -0.0245. The minimum atomic E-state index is -0.286. The largest absolute Gasteiger partial charge is 0.481 e. The van der Waals surface area contributed by atoms with Gasteiger partial charge < -0.3 is 14.3 Å². The molecular formula is C8H6O4. The van der Waals surface area contributed by atoms with Crippen molar-refractivity contribution >= 4 is 11.7 Å². The van der Waals surface area contributed by atoms with Crippen molar-refractivity contribution in [3.63, 3.8) is 0 Å². The maximum absolute atomic E-state index is 10.7. The van der Waals surface area contributed by atoms with E-state index in [1.807, 2.05) is 0 Å². The lowest BCUT2D eigenvalue weighted by Gasteiger charge is -1.95. The van der Waals surface area contributed by atoms with Crippen LogP contribution in [0.3, 0.4) is 0 Å². The molecule has 1 aromatic heterocycles. The Kier molecular flexibility index (Phi) is 1.40. The smallest absolute Gasteiger partial charge is 0.315 e. The lowest BCUT2D eigenvalue weighted by atomic mass is 10.2. The minimum Gasteiger partial charge on any atom is -0.481 e. The van der Waals surface area contributed by atoms with Crippen molar-refractivity contribution in [2.24, 2.45) is 0 Å². The molecule has 0 unspecified atom stereocenters. The molecule has 4 heteroatoms. The lowest BCUT2D eigenvalue weighted by Crippen LogP contribution is -1.92. The van der Waals surface area contributed by atoms with Crippen LogP contribution in [-0.4, -0.2) is 11.1 Å². The van der Waals surface area contributed by atoms with Crippen molar-refractivity contribution in [3.05, 3.63) is 24.0 Å². The zero-order valence-corrected chi connectivity index (χ0v) is 6.11. The minimum absolute atomic E-state index is 0.186. The molecule has 0 amide bonds. The average molecular weight is 166 g/mol. The van der Waals surface area contributed by atoms with Crippen LogP contribution in [0.2, 0.25) is 0 Å². The maximum atomic E-state index is 10.7. The fourth-order valence-corrected chi connectivity index (χ4v) is 1.01. The first kappa shape index (κ1) is 6.97. The maximum Gasteiger partial charge on any atom is 0.315 e. The van der Waals surface area contributed by atoms with E-state index >= 15 is 0 Å². The third kappa shape index (κ3) is 1.07. The molecule has 1 N–H and O–H groups in total. The molecule has 1 aliphatic rings. The molecule has 12 heavy (non-hydrogen) atoms. The Balaban J connectivity index is 2.27. The summed E-state index contributed by atoms with van der Waals surface area (Å²) in [6.45, 7) is 0. The topological polar surface area (TPSA) is 59.7 Å². The summed E-state index contributed by atoms with van der Waals surface area (Å²) in [6, 6.07) is 1.39. The van der Waals surface area contributed by atoms with E-state index in [1.54, 1.807) is 6.08 Å². The quantitative estimate of drug-likeness (QED) is 0.638. The molecule has 1 aliphatic heterocycles. The van der Waals surface area contributed by atoms with Crippen LogP contribution in [0.1, 0.15) is 12.0 Å². The van der Waals surface area contributed by atoms with Crippen LogP contribution in [0.5, 0.6) is 5.95 Å². The molecule has 0 fully saturated rings. The number of ether oxygens (including phenoxy) is 1. The van der Waals surface area contributed by atoms with Crippen molar-refractivity contribution in [2.75, 3.05) is 0 Å². The highest BCUT2D eigenvalue weighted by molar-refractivity contribution is 5.85. The van der Waals surface area contributed by atoms with Crippen LogP contribution in [0.15, 0.2) is 22.8 Å². The predicted molar refractivity (Wildman–Crippen MR) is 39.1 cm³/mol.